The Hall–Kier alpha value is -1.16. The predicted molar refractivity (Wildman–Crippen MR) is 79.0 cm³/mol. The van der Waals surface area contributed by atoms with E-state index < -0.39 is 11.6 Å². The van der Waals surface area contributed by atoms with Gasteiger partial charge in [-0.2, -0.15) is 0 Å². The van der Waals surface area contributed by atoms with Gasteiger partial charge in [0.15, 0.2) is 0 Å². The summed E-state index contributed by atoms with van der Waals surface area (Å²) in [5.41, 5.74) is 0.133. The molecule has 1 aromatic carbocycles. The molecule has 1 saturated heterocycles. The van der Waals surface area contributed by atoms with Crippen molar-refractivity contribution in [2.75, 3.05) is 18.0 Å². The molecule has 0 saturated carbocycles. The zero-order valence-corrected chi connectivity index (χ0v) is 12.5. The van der Waals surface area contributed by atoms with E-state index in [2.05, 4.69) is 26.1 Å². The zero-order valence-electron chi connectivity index (χ0n) is 12.5. The maximum absolute atomic E-state index is 14.1. The highest BCUT2D eigenvalue weighted by molar-refractivity contribution is 5.51. The van der Waals surface area contributed by atoms with Crippen LogP contribution in [0.2, 0.25) is 0 Å². The molecule has 1 aliphatic rings. The van der Waals surface area contributed by atoms with Gasteiger partial charge >= 0.3 is 0 Å². The van der Waals surface area contributed by atoms with Crippen LogP contribution in [0.3, 0.4) is 0 Å². The Labute approximate surface area is 120 Å². The first-order valence-electron chi connectivity index (χ1n) is 7.52. The van der Waals surface area contributed by atoms with Crippen molar-refractivity contribution in [3.8, 4) is 0 Å². The maximum Gasteiger partial charge on any atom is 0.149 e. The van der Waals surface area contributed by atoms with Crippen molar-refractivity contribution in [2.45, 2.75) is 45.7 Å². The smallest absolute Gasteiger partial charge is 0.149 e. The summed E-state index contributed by atoms with van der Waals surface area (Å²) >= 11 is 0. The van der Waals surface area contributed by atoms with Gasteiger partial charge in [-0.3, -0.25) is 0 Å². The van der Waals surface area contributed by atoms with E-state index in [-0.39, 0.29) is 17.8 Å². The minimum absolute atomic E-state index is 0.133. The van der Waals surface area contributed by atoms with E-state index >= 15 is 0 Å². The van der Waals surface area contributed by atoms with Crippen molar-refractivity contribution in [3.05, 3.63) is 29.8 Å². The van der Waals surface area contributed by atoms with Gasteiger partial charge in [0.05, 0.1) is 0 Å². The standard InChI is InChI=1S/C16H24F2N2/c1-4-11(3)15-10-20(12(5-2)9-19-15)16-13(17)7-6-8-14(16)18/h6-8,11-12,15,19H,4-5,9-10H2,1-3H3. The molecule has 0 spiro atoms. The molecular weight excluding hydrogens is 258 g/mol. The Kier molecular flexibility index (Phi) is 4.97. The highest BCUT2D eigenvalue weighted by Crippen LogP contribution is 2.29. The van der Waals surface area contributed by atoms with Gasteiger partial charge in [-0.05, 0) is 24.5 Å². The first-order chi connectivity index (χ1) is 9.58. The molecule has 2 nitrogen and oxygen atoms in total. The Morgan fingerprint density at radius 1 is 1.30 bits per heavy atom. The molecule has 1 N–H and O–H groups in total. The number of piperazine rings is 1. The summed E-state index contributed by atoms with van der Waals surface area (Å²) < 4.78 is 28.1. The third-order valence-corrected chi connectivity index (χ3v) is 4.48. The molecular formula is C16H24F2N2. The molecule has 0 aliphatic carbocycles. The minimum Gasteiger partial charge on any atom is -0.361 e. The van der Waals surface area contributed by atoms with Gasteiger partial charge < -0.3 is 10.2 Å². The average molecular weight is 282 g/mol. The first-order valence-corrected chi connectivity index (χ1v) is 7.52. The van der Waals surface area contributed by atoms with E-state index in [4.69, 9.17) is 0 Å². The molecule has 1 fully saturated rings. The van der Waals surface area contributed by atoms with Crippen LogP contribution in [0.1, 0.15) is 33.6 Å². The van der Waals surface area contributed by atoms with Crippen molar-refractivity contribution in [1.82, 2.24) is 5.32 Å². The third kappa shape index (κ3) is 2.95. The summed E-state index contributed by atoms with van der Waals surface area (Å²) in [6.45, 7) is 7.82. The van der Waals surface area contributed by atoms with Crippen LogP contribution in [-0.4, -0.2) is 25.2 Å². The first kappa shape index (κ1) is 15.2. The van der Waals surface area contributed by atoms with Crippen LogP contribution < -0.4 is 10.2 Å². The summed E-state index contributed by atoms with van der Waals surface area (Å²) in [5.74, 6) is -0.438. The second-order valence-corrected chi connectivity index (χ2v) is 5.68. The van der Waals surface area contributed by atoms with Crippen LogP contribution in [0.25, 0.3) is 0 Å². The average Bonchev–Trinajstić information content (AvgIpc) is 2.46. The van der Waals surface area contributed by atoms with E-state index in [0.717, 1.165) is 19.4 Å². The lowest BCUT2D eigenvalue weighted by Gasteiger charge is -2.43. The molecule has 1 aromatic rings. The fourth-order valence-electron chi connectivity index (χ4n) is 2.89. The van der Waals surface area contributed by atoms with Gasteiger partial charge in [0.25, 0.3) is 0 Å². The molecule has 0 radical (unpaired) electrons. The number of nitrogens with zero attached hydrogens (tertiary/aromatic N) is 1. The largest absolute Gasteiger partial charge is 0.361 e. The van der Waals surface area contributed by atoms with Crippen LogP contribution in [0.4, 0.5) is 14.5 Å². The summed E-state index contributed by atoms with van der Waals surface area (Å²) in [7, 11) is 0. The summed E-state index contributed by atoms with van der Waals surface area (Å²) in [6, 6.07) is 4.52. The normalized spacial score (nSPS) is 24.8. The van der Waals surface area contributed by atoms with Crippen LogP contribution >= 0.6 is 0 Å². The molecule has 0 amide bonds. The molecule has 3 atom stereocenters. The third-order valence-electron chi connectivity index (χ3n) is 4.48. The molecule has 20 heavy (non-hydrogen) atoms. The lowest BCUT2D eigenvalue weighted by Crippen LogP contribution is -2.58. The second kappa shape index (κ2) is 6.53. The number of hydrogen-bond acceptors (Lipinski definition) is 2. The van der Waals surface area contributed by atoms with Crippen molar-refractivity contribution in [3.63, 3.8) is 0 Å². The van der Waals surface area contributed by atoms with Crippen molar-refractivity contribution in [2.24, 2.45) is 5.92 Å². The highest BCUT2D eigenvalue weighted by atomic mass is 19.1. The summed E-state index contributed by atoms with van der Waals surface area (Å²) in [6.07, 6.45) is 1.93. The quantitative estimate of drug-likeness (QED) is 0.908. The van der Waals surface area contributed by atoms with E-state index in [0.29, 0.717) is 12.5 Å². The molecule has 112 valence electrons. The number of anilines is 1. The Morgan fingerprint density at radius 3 is 2.50 bits per heavy atom. The van der Waals surface area contributed by atoms with Crippen molar-refractivity contribution in [1.29, 1.82) is 0 Å². The van der Waals surface area contributed by atoms with Gasteiger partial charge in [0, 0.05) is 25.2 Å². The van der Waals surface area contributed by atoms with Gasteiger partial charge in [-0.1, -0.05) is 33.3 Å². The number of rotatable bonds is 4. The molecule has 2 rings (SSSR count). The van der Waals surface area contributed by atoms with Gasteiger partial charge in [0.1, 0.15) is 17.3 Å². The number of benzene rings is 1. The molecule has 3 unspecified atom stereocenters. The number of hydrogen-bond donors (Lipinski definition) is 1. The molecule has 4 heteroatoms. The maximum atomic E-state index is 14.1. The lowest BCUT2D eigenvalue weighted by molar-refractivity contribution is 0.303. The van der Waals surface area contributed by atoms with E-state index in [9.17, 15) is 8.78 Å². The summed E-state index contributed by atoms with van der Waals surface area (Å²) in [5, 5.41) is 3.52. The zero-order chi connectivity index (χ0) is 14.7. The highest BCUT2D eigenvalue weighted by Gasteiger charge is 2.32. The summed E-state index contributed by atoms with van der Waals surface area (Å²) in [4.78, 5) is 1.91. The van der Waals surface area contributed by atoms with Crippen LogP contribution in [0.5, 0.6) is 0 Å². The lowest BCUT2D eigenvalue weighted by atomic mass is 9.94. The Bertz CT molecular complexity index is 430. The fourth-order valence-corrected chi connectivity index (χ4v) is 2.89. The van der Waals surface area contributed by atoms with E-state index in [1.54, 1.807) is 0 Å². The van der Waals surface area contributed by atoms with Crippen LogP contribution in [0, 0.1) is 17.6 Å². The van der Waals surface area contributed by atoms with Gasteiger partial charge in [-0.15, -0.1) is 0 Å². The molecule has 0 aromatic heterocycles. The number of para-hydroxylation sites is 1. The van der Waals surface area contributed by atoms with Crippen LogP contribution in [0.15, 0.2) is 18.2 Å². The second-order valence-electron chi connectivity index (χ2n) is 5.68. The monoisotopic (exact) mass is 282 g/mol. The van der Waals surface area contributed by atoms with Crippen molar-refractivity contribution >= 4 is 5.69 Å². The molecule has 1 heterocycles. The van der Waals surface area contributed by atoms with Crippen molar-refractivity contribution < 1.29 is 8.78 Å². The topological polar surface area (TPSA) is 15.3 Å². The molecule has 0 bridgehead atoms. The fraction of sp³-hybridized carbons (Fsp3) is 0.625. The Morgan fingerprint density at radius 2 is 1.95 bits per heavy atom. The number of nitrogens with one attached hydrogen (secondary N) is 1. The van der Waals surface area contributed by atoms with Crippen LogP contribution in [-0.2, 0) is 0 Å². The number of halogens is 2. The minimum atomic E-state index is -0.465. The van der Waals surface area contributed by atoms with Gasteiger partial charge in [0.2, 0.25) is 0 Å². The SMILES string of the molecule is CCC(C)C1CN(c2c(F)cccc2F)C(CC)CN1. The Balaban J connectivity index is 2.29. The van der Waals surface area contributed by atoms with Gasteiger partial charge in [-0.25, -0.2) is 8.78 Å². The van der Waals surface area contributed by atoms with E-state index in [1.807, 2.05) is 4.90 Å². The predicted octanol–water partition coefficient (Wildman–Crippen LogP) is 3.57. The van der Waals surface area contributed by atoms with E-state index in [1.165, 1.54) is 18.2 Å². The molecule has 1 aliphatic heterocycles.